The van der Waals surface area contributed by atoms with E-state index in [1.165, 1.54) is 11.6 Å². The van der Waals surface area contributed by atoms with Crippen LogP contribution in [0.3, 0.4) is 0 Å². The summed E-state index contributed by atoms with van der Waals surface area (Å²) in [5.74, 6) is 0.143. The fourth-order valence-electron chi connectivity index (χ4n) is 2.81. The Kier molecular flexibility index (Phi) is 3.39. The first-order valence-electron chi connectivity index (χ1n) is 6.77. The van der Waals surface area contributed by atoms with Crippen molar-refractivity contribution in [2.45, 2.75) is 12.3 Å². The van der Waals surface area contributed by atoms with E-state index in [0.717, 1.165) is 19.5 Å². The second kappa shape index (κ2) is 5.34. The highest BCUT2D eigenvalue weighted by atomic mass is 19.1. The maximum Gasteiger partial charge on any atom is 0.147 e. The minimum atomic E-state index is -0.308. The summed E-state index contributed by atoms with van der Waals surface area (Å²) in [5.41, 5.74) is 2.27. The summed E-state index contributed by atoms with van der Waals surface area (Å²) >= 11 is 0. The molecule has 3 rings (SSSR count). The lowest BCUT2D eigenvalue weighted by atomic mass is 9.99. The minimum Gasteiger partial charge on any atom is -0.369 e. The highest BCUT2D eigenvalue weighted by Gasteiger charge is 2.25. The van der Waals surface area contributed by atoms with Gasteiger partial charge in [0.1, 0.15) is 5.82 Å². The second-order valence-corrected chi connectivity index (χ2v) is 5.12. The first-order valence-corrected chi connectivity index (χ1v) is 6.77. The van der Waals surface area contributed by atoms with Crippen molar-refractivity contribution in [3.05, 3.63) is 65.5 Å². The SMILES string of the molecule is N#Cc1ccc(N2CCC(c3ccccc3)C2)c(F)c1. The molecule has 1 aliphatic heterocycles. The van der Waals surface area contributed by atoms with Gasteiger partial charge in [0, 0.05) is 19.0 Å². The molecule has 3 heteroatoms. The zero-order chi connectivity index (χ0) is 13.9. The fraction of sp³-hybridized carbons (Fsp3) is 0.235. The van der Waals surface area contributed by atoms with Crippen LogP contribution in [-0.4, -0.2) is 13.1 Å². The average Bonchev–Trinajstić information content (AvgIpc) is 2.97. The summed E-state index contributed by atoms with van der Waals surface area (Å²) in [6.07, 6.45) is 1.03. The Morgan fingerprint density at radius 3 is 2.65 bits per heavy atom. The molecular formula is C17H15FN2. The van der Waals surface area contributed by atoms with Crippen LogP contribution < -0.4 is 4.90 Å². The maximum absolute atomic E-state index is 14.0. The molecule has 0 aliphatic carbocycles. The van der Waals surface area contributed by atoms with E-state index >= 15 is 0 Å². The van der Waals surface area contributed by atoms with E-state index in [-0.39, 0.29) is 5.82 Å². The van der Waals surface area contributed by atoms with Crippen molar-refractivity contribution in [1.29, 1.82) is 5.26 Å². The van der Waals surface area contributed by atoms with Gasteiger partial charge < -0.3 is 4.90 Å². The fourth-order valence-corrected chi connectivity index (χ4v) is 2.81. The van der Waals surface area contributed by atoms with Crippen molar-refractivity contribution in [2.75, 3.05) is 18.0 Å². The van der Waals surface area contributed by atoms with Crippen molar-refractivity contribution in [1.82, 2.24) is 0 Å². The standard InChI is InChI=1S/C17H15FN2/c18-16-10-13(11-19)6-7-17(16)20-9-8-15(12-20)14-4-2-1-3-5-14/h1-7,10,15H,8-9,12H2. The molecule has 2 aromatic carbocycles. The Balaban J connectivity index is 1.79. The molecule has 0 N–H and O–H groups in total. The van der Waals surface area contributed by atoms with E-state index < -0.39 is 0 Å². The minimum absolute atomic E-state index is 0.308. The van der Waals surface area contributed by atoms with Crippen LogP contribution >= 0.6 is 0 Å². The number of nitrogens with zero attached hydrogens (tertiary/aromatic N) is 2. The molecule has 1 fully saturated rings. The van der Waals surface area contributed by atoms with E-state index in [0.29, 0.717) is 17.2 Å². The van der Waals surface area contributed by atoms with Gasteiger partial charge in [-0.1, -0.05) is 30.3 Å². The maximum atomic E-state index is 14.0. The van der Waals surface area contributed by atoms with E-state index in [2.05, 4.69) is 17.0 Å². The van der Waals surface area contributed by atoms with Gasteiger partial charge in [-0.05, 0) is 30.2 Å². The topological polar surface area (TPSA) is 27.0 Å². The first kappa shape index (κ1) is 12.7. The molecule has 0 bridgehead atoms. The van der Waals surface area contributed by atoms with Crippen LogP contribution in [0.5, 0.6) is 0 Å². The van der Waals surface area contributed by atoms with E-state index in [9.17, 15) is 4.39 Å². The van der Waals surface area contributed by atoms with Gasteiger partial charge in [0.25, 0.3) is 0 Å². The Hall–Kier alpha value is -2.34. The van der Waals surface area contributed by atoms with Crippen LogP contribution in [0, 0.1) is 17.1 Å². The van der Waals surface area contributed by atoms with E-state index in [1.807, 2.05) is 24.3 Å². The van der Waals surface area contributed by atoms with Gasteiger partial charge in [-0.2, -0.15) is 5.26 Å². The molecule has 2 aromatic rings. The molecule has 0 saturated carbocycles. The van der Waals surface area contributed by atoms with Gasteiger partial charge in [-0.25, -0.2) is 4.39 Å². The lowest BCUT2D eigenvalue weighted by Crippen LogP contribution is -2.20. The zero-order valence-electron chi connectivity index (χ0n) is 11.1. The van der Waals surface area contributed by atoms with Gasteiger partial charge in [-0.3, -0.25) is 0 Å². The van der Waals surface area contributed by atoms with Gasteiger partial charge in [-0.15, -0.1) is 0 Å². The molecule has 0 radical (unpaired) electrons. The molecule has 1 aliphatic rings. The summed E-state index contributed by atoms with van der Waals surface area (Å²) in [7, 11) is 0. The average molecular weight is 266 g/mol. The summed E-state index contributed by atoms with van der Waals surface area (Å²) in [6, 6.07) is 17.0. The summed E-state index contributed by atoms with van der Waals surface area (Å²) in [5, 5.41) is 8.78. The molecule has 1 unspecified atom stereocenters. The molecule has 2 nitrogen and oxygen atoms in total. The third-order valence-electron chi connectivity index (χ3n) is 3.88. The Morgan fingerprint density at radius 1 is 1.15 bits per heavy atom. The van der Waals surface area contributed by atoms with Gasteiger partial charge >= 0.3 is 0 Å². The van der Waals surface area contributed by atoms with Crippen molar-refractivity contribution >= 4 is 5.69 Å². The largest absolute Gasteiger partial charge is 0.369 e. The van der Waals surface area contributed by atoms with Crippen LogP contribution in [0.25, 0.3) is 0 Å². The highest BCUT2D eigenvalue weighted by Crippen LogP contribution is 2.32. The van der Waals surface area contributed by atoms with Gasteiger partial charge in [0.2, 0.25) is 0 Å². The summed E-state index contributed by atoms with van der Waals surface area (Å²) in [6.45, 7) is 1.68. The van der Waals surface area contributed by atoms with Crippen LogP contribution in [0.2, 0.25) is 0 Å². The molecule has 1 saturated heterocycles. The number of nitriles is 1. The molecule has 20 heavy (non-hydrogen) atoms. The number of hydrogen-bond donors (Lipinski definition) is 0. The number of benzene rings is 2. The number of rotatable bonds is 2. The predicted octanol–water partition coefficient (Wildman–Crippen LogP) is 3.69. The van der Waals surface area contributed by atoms with Crippen molar-refractivity contribution < 1.29 is 4.39 Å². The monoisotopic (exact) mass is 266 g/mol. The van der Waals surface area contributed by atoms with E-state index in [4.69, 9.17) is 5.26 Å². The van der Waals surface area contributed by atoms with Crippen LogP contribution in [0.15, 0.2) is 48.5 Å². The summed E-state index contributed by atoms with van der Waals surface area (Å²) < 4.78 is 14.0. The Labute approximate surface area is 118 Å². The van der Waals surface area contributed by atoms with Gasteiger partial charge in [0.05, 0.1) is 17.3 Å². The molecular weight excluding hydrogens is 251 g/mol. The lowest BCUT2D eigenvalue weighted by Gasteiger charge is -2.19. The third kappa shape index (κ3) is 2.37. The molecule has 100 valence electrons. The Bertz CT molecular complexity index is 646. The molecule has 1 heterocycles. The second-order valence-electron chi connectivity index (χ2n) is 5.12. The predicted molar refractivity (Wildman–Crippen MR) is 77.1 cm³/mol. The molecule has 0 spiro atoms. The molecule has 0 aromatic heterocycles. The van der Waals surface area contributed by atoms with Crippen molar-refractivity contribution in [3.63, 3.8) is 0 Å². The van der Waals surface area contributed by atoms with Crippen molar-refractivity contribution in [3.8, 4) is 6.07 Å². The van der Waals surface area contributed by atoms with Crippen LogP contribution in [0.4, 0.5) is 10.1 Å². The summed E-state index contributed by atoms with van der Waals surface area (Å²) in [4.78, 5) is 2.06. The highest BCUT2D eigenvalue weighted by molar-refractivity contribution is 5.52. The number of halogens is 1. The third-order valence-corrected chi connectivity index (χ3v) is 3.88. The number of hydrogen-bond acceptors (Lipinski definition) is 2. The smallest absolute Gasteiger partial charge is 0.147 e. The van der Waals surface area contributed by atoms with Crippen molar-refractivity contribution in [2.24, 2.45) is 0 Å². The lowest BCUT2D eigenvalue weighted by molar-refractivity contribution is 0.622. The molecule has 1 atom stereocenters. The first-order chi connectivity index (χ1) is 9.78. The van der Waals surface area contributed by atoms with E-state index in [1.54, 1.807) is 12.1 Å². The normalized spacial score (nSPS) is 18.0. The quantitative estimate of drug-likeness (QED) is 0.829. The zero-order valence-corrected chi connectivity index (χ0v) is 11.1. The molecule has 0 amide bonds. The number of anilines is 1. The van der Waals surface area contributed by atoms with Gasteiger partial charge in [0.15, 0.2) is 0 Å². The van der Waals surface area contributed by atoms with Crippen LogP contribution in [0.1, 0.15) is 23.5 Å². The van der Waals surface area contributed by atoms with Crippen LogP contribution in [-0.2, 0) is 0 Å². The Morgan fingerprint density at radius 2 is 1.95 bits per heavy atom.